The number of hydrogen-bond donors (Lipinski definition) is 0. The Morgan fingerprint density at radius 1 is 0.875 bits per heavy atom. The van der Waals surface area contributed by atoms with Gasteiger partial charge in [-0.3, -0.25) is 0 Å². The number of carbonyl (C=O) groups excluding carboxylic acids is 2. The molecule has 2 atom stereocenters. The molecule has 6 nitrogen and oxygen atoms in total. The van der Waals surface area contributed by atoms with Crippen LogP contribution in [0.1, 0.15) is 20.7 Å². The van der Waals surface area contributed by atoms with Crippen molar-refractivity contribution < 1.29 is 28.5 Å². The highest BCUT2D eigenvalue weighted by molar-refractivity contribution is 6.07. The van der Waals surface area contributed by atoms with Crippen molar-refractivity contribution in [1.29, 1.82) is 0 Å². The Bertz CT molecular complexity index is 725. The average Bonchev–Trinajstić information content (AvgIpc) is 3.50. The topological polar surface area (TPSA) is 77.7 Å². The Morgan fingerprint density at radius 3 is 1.67 bits per heavy atom. The van der Waals surface area contributed by atoms with Crippen molar-refractivity contribution in [3.63, 3.8) is 0 Å². The van der Waals surface area contributed by atoms with Crippen molar-refractivity contribution in [3.05, 3.63) is 47.5 Å². The molecule has 0 aromatic heterocycles. The lowest BCUT2D eigenvalue weighted by atomic mass is 10.0. The highest BCUT2D eigenvalue weighted by atomic mass is 16.6. The summed E-state index contributed by atoms with van der Waals surface area (Å²) in [5, 5.41) is 1.71. The second-order valence-electron chi connectivity index (χ2n) is 5.85. The van der Waals surface area contributed by atoms with Gasteiger partial charge in [0.1, 0.15) is 25.4 Å². The minimum absolute atomic E-state index is 0.0307. The van der Waals surface area contributed by atoms with Gasteiger partial charge in [-0.2, -0.15) is 0 Å². The molecular weight excluding hydrogens is 312 g/mol. The Kier molecular flexibility index (Phi) is 3.92. The van der Waals surface area contributed by atoms with Crippen LogP contribution in [0.15, 0.2) is 36.4 Å². The molecule has 2 aromatic carbocycles. The third-order valence-corrected chi connectivity index (χ3v) is 3.93. The molecule has 2 heterocycles. The van der Waals surface area contributed by atoms with E-state index in [1.54, 1.807) is 12.1 Å². The molecule has 0 amide bonds. The van der Waals surface area contributed by atoms with E-state index in [2.05, 4.69) is 0 Å². The Hall–Kier alpha value is -2.44. The first-order valence-corrected chi connectivity index (χ1v) is 7.81. The summed E-state index contributed by atoms with van der Waals surface area (Å²) in [5.41, 5.74) is 0.409. The molecule has 0 bridgehead atoms. The van der Waals surface area contributed by atoms with Gasteiger partial charge in [0.25, 0.3) is 0 Å². The number of hydrogen-bond acceptors (Lipinski definition) is 6. The standard InChI is InChI=1S/C18H16O6/c19-17(23-9-13-7-21-13)15-5-11-3-1-2-4-12(11)6-16(15)18(20)24-10-14-8-22-14/h1-6,13-14H,7-10H2. The maximum atomic E-state index is 12.4. The Morgan fingerprint density at radius 2 is 1.29 bits per heavy atom. The molecule has 0 saturated carbocycles. The predicted molar refractivity (Wildman–Crippen MR) is 84.0 cm³/mol. The van der Waals surface area contributed by atoms with Gasteiger partial charge in [0.15, 0.2) is 0 Å². The smallest absolute Gasteiger partial charge is 0.339 e. The van der Waals surface area contributed by atoms with Crippen molar-refractivity contribution in [2.45, 2.75) is 12.2 Å². The maximum absolute atomic E-state index is 12.4. The van der Waals surface area contributed by atoms with Crippen molar-refractivity contribution in [2.24, 2.45) is 0 Å². The lowest BCUT2D eigenvalue weighted by Gasteiger charge is -2.11. The number of rotatable bonds is 6. The number of ether oxygens (including phenoxy) is 4. The number of fused-ring (bicyclic) bond motifs is 1. The lowest BCUT2D eigenvalue weighted by molar-refractivity contribution is 0.0431. The highest BCUT2D eigenvalue weighted by Crippen LogP contribution is 2.23. The van der Waals surface area contributed by atoms with Gasteiger partial charge in [-0.1, -0.05) is 24.3 Å². The zero-order chi connectivity index (χ0) is 16.5. The molecule has 2 unspecified atom stereocenters. The summed E-state index contributed by atoms with van der Waals surface area (Å²) < 4.78 is 20.5. The third kappa shape index (κ3) is 3.39. The van der Waals surface area contributed by atoms with E-state index in [9.17, 15) is 9.59 Å². The lowest BCUT2D eigenvalue weighted by Crippen LogP contribution is -2.17. The molecule has 2 aromatic rings. The summed E-state index contributed by atoms with van der Waals surface area (Å²) in [6.45, 7) is 1.58. The Balaban J connectivity index is 1.63. The van der Waals surface area contributed by atoms with E-state index in [1.165, 1.54) is 0 Å². The minimum Gasteiger partial charge on any atom is -0.459 e. The number of epoxide rings is 2. The second kappa shape index (κ2) is 6.22. The summed E-state index contributed by atoms with van der Waals surface area (Å²) in [7, 11) is 0. The third-order valence-electron chi connectivity index (χ3n) is 3.93. The van der Waals surface area contributed by atoms with Crippen molar-refractivity contribution in [1.82, 2.24) is 0 Å². The fourth-order valence-corrected chi connectivity index (χ4v) is 2.40. The van der Waals surface area contributed by atoms with E-state index < -0.39 is 11.9 Å². The van der Waals surface area contributed by atoms with Gasteiger partial charge in [0, 0.05) is 0 Å². The first kappa shape index (κ1) is 15.1. The highest BCUT2D eigenvalue weighted by Gasteiger charge is 2.28. The number of carbonyl (C=O) groups is 2. The van der Waals surface area contributed by atoms with Crippen LogP contribution in [0, 0.1) is 0 Å². The van der Waals surface area contributed by atoms with Gasteiger partial charge >= 0.3 is 11.9 Å². The number of esters is 2. The van der Waals surface area contributed by atoms with Crippen LogP contribution in [-0.2, 0) is 18.9 Å². The van der Waals surface area contributed by atoms with Crippen LogP contribution in [0.25, 0.3) is 10.8 Å². The molecule has 0 radical (unpaired) electrons. The molecule has 2 fully saturated rings. The van der Waals surface area contributed by atoms with Crippen LogP contribution in [0.5, 0.6) is 0 Å². The monoisotopic (exact) mass is 328 g/mol. The van der Waals surface area contributed by atoms with E-state index in [-0.39, 0.29) is 36.5 Å². The fourth-order valence-electron chi connectivity index (χ4n) is 2.40. The summed E-state index contributed by atoms with van der Waals surface area (Å²) >= 11 is 0. The molecular formula is C18H16O6. The van der Waals surface area contributed by atoms with E-state index in [0.717, 1.165) is 10.8 Å². The van der Waals surface area contributed by atoms with Gasteiger partial charge < -0.3 is 18.9 Å². The maximum Gasteiger partial charge on any atom is 0.339 e. The van der Waals surface area contributed by atoms with Gasteiger partial charge in [0.05, 0.1) is 24.3 Å². The van der Waals surface area contributed by atoms with Crippen LogP contribution >= 0.6 is 0 Å². The minimum atomic E-state index is -0.550. The van der Waals surface area contributed by atoms with Gasteiger partial charge in [-0.05, 0) is 22.9 Å². The zero-order valence-electron chi connectivity index (χ0n) is 12.9. The van der Waals surface area contributed by atoms with E-state index in [1.807, 2.05) is 24.3 Å². The van der Waals surface area contributed by atoms with Crippen molar-refractivity contribution in [3.8, 4) is 0 Å². The van der Waals surface area contributed by atoms with Crippen LogP contribution in [0.3, 0.4) is 0 Å². The molecule has 0 spiro atoms. The van der Waals surface area contributed by atoms with Crippen LogP contribution in [-0.4, -0.2) is 50.6 Å². The summed E-state index contributed by atoms with van der Waals surface area (Å²) in [6.07, 6.45) is -0.0614. The molecule has 4 rings (SSSR count). The SMILES string of the molecule is O=C(OCC1CO1)c1cc2ccccc2cc1C(=O)OCC1CO1. The average molecular weight is 328 g/mol. The first-order chi connectivity index (χ1) is 11.7. The molecule has 124 valence electrons. The molecule has 2 saturated heterocycles. The number of benzene rings is 2. The summed E-state index contributed by atoms with van der Waals surface area (Å²) in [4.78, 5) is 24.8. The molecule has 6 heteroatoms. The molecule has 2 aliphatic heterocycles. The van der Waals surface area contributed by atoms with Gasteiger partial charge in [-0.25, -0.2) is 9.59 Å². The van der Waals surface area contributed by atoms with E-state index in [4.69, 9.17) is 18.9 Å². The van der Waals surface area contributed by atoms with Gasteiger partial charge in [-0.15, -0.1) is 0 Å². The first-order valence-electron chi connectivity index (χ1n) is 7.81. The van der Waals surface area contributed by atoms with Crippen LogP contribution in [0.2, 0.25) is 0 Å². The van der Waals surface area contributed by atoms with E-state index in [0.29, 0.717) is 13.2 Å². The zero-order valence-corrected chi connectivity index (χ0v) is 12.9. The molecule has 0 N–H and O–H groups in total. The summed E-state index contributed by atoms with van der Waals surface area (Å²) in [6, 6.07) is 10.8. The quantitative estimate of drug-likeness (QED) is 0.596. The van der Waals surface area contributed by atoms with Crippen LogP contribution in [0.4, 0.5) is 0 Å². The normalized spacial score (nSPS) is 21.3. The fraction of sp³-hybridized carbons (Fsp3) is 0.333. The van der Waals surface area contributed by atoms with E-state index >= 15 is 0 Å². The van der Waals surface area contributed by atoms with Crippen LogP contribution < -0.4 is 0 Å². The molecule has 0 aliphatic carbocycles. The van der Waals surface area contributed by atoms with Crippen molar-refractivity contribution in [2.75, 3.05) is 26.4 Å². The largest absolute Gasteiger partial charge is 0.459 e. The second-order valence-corrected chi connectivity index (χ2v) is 5.85. The van der Waals surface area contributed by atoms with Gasteiger partial charge in [0.2, 0.25) is 0 Å². The molecule has 2 aliphatic rings. The molecule has 24 heavy (non-hydrogen) atoms. The van der Waals surface area contributed by atoms with Crippen molar-refractivity contribution >= 4 is 22.7 Å². The predicted octanol–water partition coefficient (Wildman–Crippen LogP) is 1.95. The Labute approximate surface area is 138 Å². The summed E-state index contributed by atoms with van der Waals surface area (Å²) in [5.74, 6) is -1.10.